The SMILES string of the molecule is Cn1cnnc1C1CN(Cc2ccccc2)CC12CN(C(=O)Cc1cccnc1)C2. The van der Waals surface area contributed by atoms with Crippen molar-refractivity contribution in [3.63, 3.8) is 0 Å². The van der Waals surface area contributed by atoms with Crippen LogP contribution >= 0.6 is 0 Å². The van der Waals surface area contributed by atoms with Crippen molar-refractivity contribution >= 4 is 5.91 Å². The number of benzene rings is 1. The monoisotopic (exact) mass is 402 g/mol. The smallest absolute Gasteiger partial charge is 0.227 e. The fourth-order valence-electron chi connectivity index (χ4n) is 5.00. The summed E-state index contributed by atoms with van der Waals surface area (Å²) in [5, 5.41) is 8.54. The van der Waals surface area contributed by atoms with Gasteiger partial charge in [0.2, 0.25) is 5.91 Å². The summed E-state index contributed by atoms with van der Waals surface area (Å²) in [7, 11) is 2.01. The maximum Gasteiger partial charge on any atom is 0.227 e. The quantitative estimate of drug-likeness (QED) is 0.652. The maximum atomic E-state index is 12.8. The molecule has 0 N–H and O–H groups in total. The van der Waals surface area contributed by atoms with Crippen LogP contribution in [0.5, 0.6) is 0 Å². The van der Waals surface area contributed by atoms with Crippen molar-refractivity contribution in [1.82, 2.24) is 29.5 Å². The van der Waals surface area contributed by atoms with Gasteiger partial charge in [-0.05, 0) is 17.2 Å². The Hall–Kier alpha value is -3.06. The van der Waals surface area contributed by atoms with E-state index >= 15 is 0 Å². The maximum absolute atomic E-state index is 12.8. The molecule has 30 heavy (non-hydrogen) atoms. The molecule has 1 aromatic carbocycles. The lowest BCUT2D eigenvalue weighted by atomic mass is 9.71. The van der Waals surface area contributed by atoms with Crippen LogP contribution < -0.4 is 0 Å². The summed E-state index contributed by atoms with van der Waals surface area (Å²) in [4.78, 5) is 21.4. The molecule has 7 heteroatoms. The number of aryl methyl sites for hydroxylation is 1. The molecule has 1 unspecified atom stereocenters. The summed E-state index contributed by atoms with van der Waals surface area (Å²) in [5.41, 5.74) is 2.32. The zero-order chi connectivity index (χ0) is 20.6. The number of rotatable bonds is 5. The number of hydrogen-bond acceptors (Lipinski definition) is 5. The van der Waals surface area contributed by atoms with Crippen LogP contribution in [0, 0.1) is 5.41 Å². The number of carbonyl (C=O) groups excluding carboxylic acids is 1. The minimum absolute atomic E-state index is 0.0418. The van der Waals surface area contributed by atoms with E-state index in [4.69, 9.17) is 0 Å². The standard InChI is InChI=1S/C23H26N6O/c1-27-17-25-26-22(27)20-13-28(12-18-6-3-2-4-7-18)14-23(20)15-29(16-23)21(30)10-19-8-5-9-24-11-19/h2-9,11,17,20H,10,12-16H2,1H3. The predicted molar refractivity (Wildman–Crippen MR) is 112 cm³/mol. The molecule has 2 fully saturated rings. The van der Waals surface area contributed by atoms with Crippen molar-refractivity contribution in [2.75, 3.05) is 26.2 Å². The van der Waals surface area contributed by atoms with Gasteiger partial charge in [-0.3, -0.25) is 14.7 Å². The minimum Gasteiger partial charge on any atom is -0.341 e. The van der Waals surface area contributed by atoms with Gasteiger partial charge in [0.15, 0.2) is 0 Å². The Morgan fingerprint density at radius 2 is 1.90 bits per heavy atom. The van der Waals surface area contributed by atoms with Crippen LogP contribution in [-0.2, 0) is 24.8 Å². The van der Waals surface area contributed by atoms with E-state index in [-0.39, 0.29) is 17.2 Å². The van der Waals surface area contributed by atoms with E-state index in [1.165, 1.54) is 5.56 Å². The molecule has 0 radical (unpaired) electrons. The van der Waals surface area contributed by atoms with Gasteiger partial charge in [-0.25, -0.2) is 0 Å². The summed E-state index contributed by atoms with van der Waals surface area (Å²) < 4.78 is 2.03. The van der Waals surface area contributed by atoms with Crippen molar-refractivity contribution in [1.29, 1.82) is 0 Å². The first kappa shape index (κ1) is 18.9. The minimum atomic E-state index is 0.0418. The molecule has 2 aromatic heterocycles. The zero-order valence-corrected chi connectivity index (χ0v) is 17.2. The molecule has 1 spiro atoms. The molecule has 2 aliphatic heterocycles. The van der Waals surface area contributed by atoms with Crippen molar-refractivity contribution < 1.29 is 4.79 Å². The topological polar surface area (TPSA) is 67.2 Å². The highest BCUT2D eigenvalue weighted by atomic mass is 16.2. The fourth-order valence-corrected chi connectivity index (χ4v) is 5.00. The molecule has 7 nitrogen and oxygen atoms in total. The number of aromatic nitrogens is 4. The van der Waals surface area contributed by atoms with Gasteiger partial charge in [0.25, 0.3) is 0 Å². The molecule has 2 aliphatic rings. The van der Waals surface area contributed by atoms with Crippen LogP contribution in [0.15, 0.2) is 61.2 Å². The second-order valence-electron chi connectivity index (χ2n) is 8.66. The number of amides is 1. The Morgan fingerprint density at radius 1 is 1.10 bits per heavy atom. The van der Waals surface area contributed by atoms with Gasteiger partial charge in [0.05, 0.1) is 6.42 Å². The lowest BCUT2D eigenvalue weighted by molar-refractivity contribution is -0.143. The van der Waals surface area contributed by atoms with Crippen molar-refractivity contribution in [3.8, 4) is 0 Å². The van der Waals surface area contributed by atoms with Gasteiger partial charge in [0, 0.05) is 63.5 Å². The zero-order valence-electron chi connectivity index (χ0n) is 17.2. The van der Waals surface area contributed by atoms with Crippen molar-refractivity contribution in [2.24, 2.45) is 12.5 Å². The highest BCUT2D eigenvalue weighted by Gasteiger charge is 2.56. The van der Waals surface area contributed by atoms with E-state index < -0.39 is 0 Å². The first-order valence-electron chi connectivity index (χ1n) is 10.4. The Kier molecular flexibility index (Phi) is 4.83. The lowest BCUT2D eigenvalue weighted by Crippen LogP contribution is -2.62. The molecular weight excluding hydrogens is 376 g/mol. The second kappa shape index (κ2) is 7.65. The summed E-state index contributed by atoms with van der Waals surface area (Å²) in [6.07, 6.45) is 5.68. The van der Waals surface area contributed by atoms with Crippen LogP contribution in [0.3, 0.4) is 0 Å². The largest absolute Gasteiger partial charge is 0.341 e. The Balaban J connectivity index is 1.32. The number of pyridine rings is 1. The summed E-state index contributed by atoms with van der Waals surface area (Å²) in [5.74, 6) is 1.47. The Labute approximate surface area is 176 Å². The van der Waals surface area contributed by atoms with Gasteiger partial charge in [-0.15, -0.1) is 10.2 Å². The number of likely N-dealkylation sites (tertiary alicyclic amines) is 2. The third-order valence-electron chi connectivity index (χ3n) is 6.47. The molecule has 1 amide bonds. The molecule has 0 saturated carbocycles. The summed E-state index contributed by atoms with van der Waals surface area (Å²) >= 11 is 0. The molecule has 5 rings (SSSR count). The van der Waals surface area contributed by atoms with E-state index in [0.29, 0.717) is 6.42 Å². The first-order valence-corrected chi connectivity index (χ1v) is 10.4. The highest BCUT2D eigenvalue weighted by molar-refractivity contribution is 5.79. The van der Waals surface area contributed by atoms with E-state index in [0.717, 1.165) is 44.1 Å². The lowest BCUT2D eigenvalue weighted by Gasteiger charge is -2.50. The van der Waals surface area contributed by atoms with Gasteiger partial charge in [0.1, 0.15) is 12.2 Å². The first-order chi connectivity index (χ1) is 14.6. The Bertz CT molecular complexity index is 1010. The van der Waals surface area contributed by atoms with E-state index in [2.05, 4.69) is 50.4 Å². The average molecular weight is 403 g/mol. The third kappa shape index (κ3) is 3.50. The summed E-state index contributed by atoms with van der Waals surface area (Å²) in [6.45, 7) is 4.37. The van der Waals surface area contributed by atoms with E-state index in [9.17, 15) is 4.79 Å². The van der Waals surface area contributed by atoms with Gasteiger partial charge in [-0.2, -0.15) is 0 Å². The van der Waals surface area contributed by atoms with Crippen molar-refractivity contribution in [3.05, 3.63) is 78.1 Å². The second-order valence-corrected chi connectivity index (χ2v) is 8.66. The van der Waals surface area contributed by atoms with Crippen LogP contribution in [0.25, 0.3) is 0 Å². The molecule has 154 valence electrons. The van der Waals surface area contributed by atoms with E-state index in [1.54, 1.807) is 18.7 Å². The van der Waals surface area contributed by atoms with Gasteiger partial charge < -0.3 is 9.47 Å². The molecular formula is C23H26N6O. The number of hydrogen-bond donors (Lipinski definition) is 0. The molecule has 4 heterocycles. The average Bonchev–Trinajstić information content (AvgIpc) is 3.31. The van der Waals surface area contributed by atoms with Crippen LogP contribution in [-0.4, -0.2) is 61.6 Å². The van der Waals surface area contributed by atoms with Gasteiger partial charge >= 0.3 is 0 Å². The molecule has 0 aliphatic carbocycles. The van der Waals surface area contributed by atoms with Gasteiger partial charge in [-0.1, -0.05) is 36.4 Å². The van der Waals surface area contributed by atoms with Crippen LogP contribution in [0.1, 0.15) is 22.9 Å². The Morgan fingerprint density at radius 3 is 2.60 bits per heavy atom. The fraction of sp³-hybridized carbons (Fsp3) is 0.391. The predicted octanol–water partition coefficient (Wildman–Crippen LogP) is 1.88. The van der Waals surface area contributed by atoms with Crippen molar-refractivity contribution in [2.45, 2.75) is 18.9 Å². The number of nitrogens with zero attached hydrogens (tertiary/aromatic N) is 6. The van der Waals surface area contributed by atoms with E-state index in [1.807, 2.05) is 28.6 Å². The van der Waals surface area contributed by atoms with Crippen LogP contribution in [0.4, 0.5) is 0 Å². The number of carbonyl (C=O) groups is 1. The van der Waals surface area contributed by atoms with Crippen LogP contribution in [0.2, 0.25) is 0 Å². The molecule has 0 bridgehead atoms. The highest BCUT2D eigenvalue weighted by Crippen LogP contribution is 2.49. The summed E-state index contributed by atoms with van der Waals surface area (Å²) in [6, 6.07) is 14.4. The third-order valence-corrected chi connectivity index (χ3v) is 6.47. The molecule has 2 saturated heterocycles. The normalized spacial score (nSPS) is 20.4. The molecule has 1 atom stereocenters. The molecule has 3 aromatic rings.